The van der Waals surface area contributed by atoms with E-state index in [-0.39, 0.29) is 0 Å². The van der Waals surface area contributed by atoms with Gasteiger partial charge in [-0.3, -0.25) is 0 Å². The highest BCUT2D eigenvalue weighted by Crippen LogP contribution is 2.27. The zero-order valence-corrected chi connectivity index (χ0v) is 7.66. The van der Waals surface area contributed by atoms with Crippen molar-refractivity contribution in [1.82, 2.24) is 0 Å². The highest BCUT2D eigenvalue weighted by atomic mass is 16.4. The average Bonchev–Trinajstić information content (AvgIpc) is 2.06. The monoisotopic (exact) mass is 168 g/mol. The number of allylic oxidation sites excluding steroid dienone is 2. The van der Waals surface area contributed by atoms with E-state index in [1.54, 1.807) is 0 Å². The first kappa shape index (κ1) is 9.81. The van der Waals surface area contributed by atoms with Crippen LogP contribution in [-0.4, -0.2) is 17.2 Å². The maximum absolute atomic E-state index is 8.88. The molecule has 0 aliphatic heterocycles. The fraction of sp³-hybridized carbons (Fsp3) is 0.778. The van der Waals surface area contributed by atoms with Crippen molar-refractivity contribution < 1.29 is 10.0 Å². The molecule has 2 nitrogen and oxygen atoms in total. The lowest BCUT2D eigenvalue weighted by atomic mass is 9.71. The molecule has 68 valence electrons. The molecule has 2 N–H and O–H groups in total. The van der Waals surface area contributed by atoms with Crippen molar-refractivity contribution in [2.45, 2.75) is 39.0 Å². The van der Waals surface area contributed by atoms with E-state index in [9.17, 15) is 0 Å². The average molecular weight is 168 g/mol. The van der Waals surface area contributed by atoms with Gasteiger partial charge in [0.25, 0.3) is 0 Å². The van der Waals surface area contributed by atoms with Gasteiger partial charge < -0.3 is 10.0 Å². The zero-order valence-electron chi connectivity index (χ0n) is 7.66. The molecule has 0 aromatic carbocycles. The third-order valence-corrected chi connectivity index (χ3v) is 2.58. The molecular weight excluding hydrogens is 151 g/mol. The van der Waals surface area contributed by atoms with Gasteiger partial charge in [-0.05, 0) is 30.7 Å². The summed E-state index contributed by atoms with van der Waals surface area (Å²) in [4.78, 5) is 0. The summed E-state index contributed by atoms with van der Waals surface area (Å²) in [5, 5.41) is 17.8. The molecule has 0 radical (unpaired) electrons. The van der Waals surface area contributed by atoms with Gasteiger partial charge in [-0.25, -0.2) is 0 Å². The predicted molar refractivity (Wildman–Crippen MR) is 50.5 cm³/mol. The summed E-state index contributed by atoms with van der Waals surface area (Å²) in [6, 6.07) is 0. The Morgan fingerprint density at radius 2 is 2.33 bits per heavy atom. The van der Waals surface area contributed by atoms with Gasteiger partial charge in [0.2, 0.25) is 0 Å². The third-order valence-electron chi connectivity index (χ3n) is 2.58. The van der Waals surface area contributed by atoms with Crippen LogP contribution >= 0.6 is 0 Å². The van der Waals surface area contributed by atoms with E-state index in [4.69, 9.17) is 10.0 Å². The lowest BCUT2D eigenvalue weighted by molar-refractivity contribution is 0.396. The summed E-state index contributed by atoms with van der Waals surface area (Å²) >= 11 is 0. The molecule has 1 aliphatic rings. The molecule has 0 unspecified atom stereocenters. The first-order valence-corrected chi connectivity index (χ1v) is 4.79. The van der Waals surface area contributed by atoms with Crippen molar-refractivity contribution in [3.63, 3.8) is 0 Å². The maximum atomic E-state index is 8.88. The highest BCUT2D eigenvalue weighted by Gasteiger charge is 2.20. The second-order valence-corrected chi connectivity index (χ2v) is 3.58. The summed E-state index contributed by atoms with van der Waals surface area (Å²) in [5.74, 6) is 0.775. The minimum atomic E-state index is -1.22. The normalized spacial score (nSPS) is 23.6. The molecular formula is C9H17BO2. The Labute approximate surface area is 74.4 Å². The van der Waals surface area contributed by atoms with Crippen LogP contribution in [0.25, 0.3) is 0 Å². The van der Waals surface area contributed by atoms with Gasteiger partial charge in [0.1, 0.15) is 0 Å². The Kier molecular flexibility index (Phi) is 3.82. The van der Waals surface area contributed by atoms with Gasteiger partial charge in [-0.2, -0.15) is 0 Å². The van der Waals surface area contributed by atoms with Crippen molar-refractivity contribution in [3.8, 4) is 0 Å². The Balaban J connectivity index is 2.37. The Morgan fingerprint density at radius 3 is 2.75 bits per heavy atom. The molecule has 0 saturated heterocycles. The minimum absolute atomic E-state index is 0.775. The van der Waals surface area contributed by atoms with Gasteiger partial charge in [0, 0.05) is 0 Å². The summed E-state index contributed by atoms with van der Waals surface area (Å²) in [5.41, 5.74) is 0.808. The second-order valence-electron chi connectivity index (χ2n) is 3.58. The van der Waals surface area contributed by atoms with Crippen LogP contribution in [0.4, 0.5) is 0 Å². The van der Waals surface area contributed by atoms with E-state index >= 15 is 0 Å². The van der Waals surface area contributed by atoms with E-state index in [0.717, 1.165) is 30.7 Å². The fourth-order valence-corrected chi connectivity index (χ4v) is 1.81. The largest absolute Gasteiger partial charge is 0.483 e. The van der Waals surface area contributed by atoms with Crippen LogP contribution in [0.2, 0.25) is 0 Å². The van der Waals surface area contributed by atoms with Gasteiger partial charge in [0.15, 0.2) is 0 Å². The van der Waals surface area contributed by atoms with Crippen molar-refractivity contribution >= 4 is 7.12 Å². The van der Waals surface area contributed by atoms with E-state index in [1.807, 2.05) is 6.08 Å². The van der Waals surface area contributed by atoms with Crippen molar-refractivity contribution in [1.29, 1.82) is 0 Å². The summed E-state index contributed by atoms with van der Waals surface area (Å²) in [7, 11) is -1.22. The Hall–Kier alpha value is -0.275. The first-order chi connectivity index (χ1) is 5.74. The Bertz CT molecular complexity index is 166. The molecule has 1 aliphatic carbocycles. The van der Waals surface area contributed by atoms with Gasteiger partial charge in [-0.1, -0.05) is 25.8 Å². The van der Waals surface area contributed by atoms with E-state index in [2.05, 4.69) is 6.92 Å². The topological polar surface area (TPSA) is 40.5 Å². The molecule has 0 fully saturated rings. The van der Waals surface area contributed by atoms with Gasteiger partial charge >= 0.3 is 7.12 Å². The SMILES string of the molecule is CCC[C@H]1CC=C(B(O)O)CC1. The quantitative estimate of drug-likeness (QED) is 0.627. The van der Waals surface area contributed by atoms with Crippen LogP contribution in [0.1, 0.15) is 39.0 Å². The van der Waals surface area contributed by atoms with Crippen LogP contribution in [0, 0.1) is 5.92 Å². The third kappa shape index (κ3) is 2.65. The summed E-state index contributed by atoms with van der Waals surface area (Å²) in [6.45, 7) is 2.19. The lowest BCUT2D eigenvalue weighted by Crippen LogP contribution is -2.19. The molecule has 1 atom stereocenters. The first-order valence-electron chi connectivity index (χ1n) is 4.79. The van der Waals surface area contributed by atoms with Crippen molar-refractivity contribution in [2.24, 2.45) is 5.92 Å². The van der Waals surface area contributed by atoms with E-state index in [0.29, 0.717) is 0 Å². The second kappa shape index (κ2) is 4.68. The molecule has 0 spiro atoms. The van der Waals surface area contributed by atoms with Crippen LogP contribution < -0.4 is 0 Å². The Morgan fingerprint density at radius 1 is 1.58 bits per heavy atom. The molecule has 0 heterocycles. The van der Waals surface area contributed by atoms with Gasteiger partial charge in [-0.15, -0.1) is 0 Å². The van der Waals surface area contributed by atoms with Crippen LogP contribution in [0.15, 0.2) is 11.5 Å². The number of hydrogen-bond acceptors (Lipinski definition) is 2. The fourth-order valence-electron chi connectivity index (χ4n) is 1.81. The van der Waals surface area contributed by atoms with E-state index in [1.165, 1.54) is 12.8 Å². The lowest BCUT2D eigenvalue weighted by Gasteiger charge is -2.20. The van der Waals surface area contributed by atoms with Gasteiger partial charge in [0.05, 0.1) is 0 Å². The summed E-state index contributed by atoms with van der Waals surface area (Å²) in [6.07, 6.45) is 7.51. The summed E-state index contributed by atoms with van der Waals surface area (Å²) < 4.78 is 0. The number of rotatable bonds is 3. The van der Waals surface area contributed by atoms with Crippen LogP contribution in [-0.2, 0) is 0 Å². The van der Waals surface area contributed by atoms with Crippen LogP contribution in [0.3, 0.4) is 0 Å². The minimum Gasteiger partial charge on any atom is -0.423 e. The highest BCUT2D eigenvalue weighted by molar-refractivity contribution is 6.50. The molecule has 12 heavy (non-hydrogen) atoms. The van der Waals surface area contributed by atoms with Crippen LogP contribution in [0.5, 0.6) is 0 Å². The van der Waals surface area contributed by atoms with E-state index < -0.39 is 7.12 Å². The molecule has 0 aromatic heterocycles. The smallest absolute Gasteiger partial charge is 0.423 e. The molecule has 0 saturated carbocycles. The standard InChI is InChI=1S/C9H17BO2/c1-2-3-8-4-6-9(7-5-8)10(11)12/h6,8,11-12H,2-5,7H2,1H3/t8-/m0/s1. The zero-order chi connectivity index (χ0) is 8.97. The van der Waals surface area contributed by atoms with Crippen molar-refractivity contribution in [3.05, 3.63) is 11.5 Å². The maximum Gasteiger partial charge on any atom is 0.483 e. The molecule has 0 bridgehead atoms. The molecule has 1 rings (SSSR count). The number of hydrogen-bond donors (Lipinski definition) is 2. The predicted octanol–water partition coefficient (Wildman–Crippen LogP) is 1.52. The molecule has 3 heteroatoms. The molecule has 0 aromatic rings. The molecule has 0 amide bonds. The van der Waals surface area contributed by atoms with Crippen molar-refractivity contribution in [2.75, 3.05) is 0 Å².